The van der Waals surface area contributed by atoms with Crippen molar-refractivity contribution in [3.8, 4) is 0 Å². The highest BCUT2D eigenvalue weighted by Crippen LogP contribution is 2.90. The molecule has 0 bridgehead atoms. The molecule has 1 aliphatic rings. The van der Waals surface area contributed by atoms with Crippen LogP contribution in [0.5, 0.6) is 0 Å². The molecule has 1 rings (SSSR count). The smallest absolute Gasteiger partial charge is 0.0151 e. The Morgan fingerprint density at radius 3 is 1.27 bits per heavy atom. The quantitative estimate of drug-likeness (QED) is 0.415. The van der Waals surface area contributed by atoms with Crippen LogP contribution < -0.4 is 0 Å². The minimum atomic E-state index is 0.184. The van der Waals surface area contributed by atoms with E-state index < -0.39 is 0 Å². The minimum Gasteiger partial charge on any atom is -0.0649 e. The normalized spacial score (nSPS) is 34.5. The third kappa shape index (κ3) is 2.70. The summed E-state index contributed by atoms with van der Waals surface area (Å²) in [5.74, 6) is 0.587. The molecule has 1 aliphatic carbocycles. The molecule has 0 N–H and O–H groups in total. The van der Waals surface area contributed by atoms with Gasteiger partial charge < -0.3 is 0 Å². The summed E-state index contributed by atoms with van der Waals surface area (Å²) in [6.45, 7) is 48.3. The predicted molar refractivity (Wildman–Crippen MR) is 138 cm³/mol. The molecule has 4 atom stereocenters. The van der Waals surface area contributed by atoms with Crippen molar-refractivity contribution in [2.75, 3.05) is 0 Å². The van der Waals surface area contributed by atoms with E-state index in [0.29, 0.717) is 11.3 Å². The lowest BCUT2D eigenvalue weighted by Gasteiger charge is -2.89. The van der Waals surface area contributed by atoms with Crippen LogP contribution in [0, 0.1) is 54.7 Å². The lowest BCUT2D eigenvalue weighted by atomic mass is 9.15. The summed E-state index contributed by atoms with van der Waals surface area (Å²) in [6.07, 6.45) is 1.22. The van der Waals surface area contributed by atoms with Gasteiger partial charge in [0.05, 0.1) is 0 Å². The molecule has 0 heterocycles. The van der Waals surface area contributed by atoms with Gasteiger partial charge >= 0.3 is 0 Å². The molecular formula is C30H60. The van der Waals surface area contributed by atoms with Crippen molar-refractivity contribution >= 4 is 0 Å². The Kier molecular flexibility index (Phi) is 6.32. The summed E-state index contributed by atoms with van der Waals surface area (Å²) >= 11 is 0. The second-order valence-corrected chi connectivity index (χ2v) is 15.9. The van der Waals surface area contributed by atoms with Crippen LogP contribution >= 0.6 is 0 Å². The Morgan fingerprint density at radius 1 is 0.633 bits per heavy atom. The maximum absolute atomic E-state index is 2.69. The lowest BCUT2D eigenvalue weighted by Crippen LogP contribution is -2.84. The van der Waals surface area contributed by atoms with Crippen LogP contribution in [-0.2, 0) is 0 Å². The van der Waals surface area contributed by atoms with E-state index in [0.717, 1.165) is 0 Å². The summed E-state index contributed by atoms with van der Waals surface area (Å²) in [6, 6.07) is 0. The second-order valence-electron chi connectivity index (χ2n) is 15.9. The third-order valence-electron chi connectivity index (χ3n) is 13.8. The molecule has 0 aromatic heterocycles. The maximum atomic E-state index is 2.69. The standard InChI is InChI=1S/C30H60/c1-20-24(9,10)25(11,12)21(2)28(17)29(18,23(6,7)8)27(15,16)30(28,19)26(13,14)22(3,4)5/h21H,20H2,1-19H3. The Balaban J connectivity index is 4.07. The van der Waals surface area contributed by atoms with Gasteiger partial charge in [-0.25, -0.2) is 0 Å². The number of hydrogen-bond donors (Lipinski definition) is 0. The van der Waals surface area contributed by atoms with Crippen molar-refractivity contribution in [1.29, 1.82) is 0 Å². The molecule has 180 valence electrons. The third-order valence-corrected chi connectivity index (χ3v) is 13.8. The fraction of sp³-hybridized carbons (Fsp3) is 1.00. The Labute approximate surface area is 192 Å². The number of rotatable bonds is 5. The van der Waals surface area contributed by atoms with Crippen molar-refractivity contribution in [3.05, 3.63) is 0 Å². The molecule has 1 saturated carbocycles. The largest absolute Gasteiger partial charge is 0.0649 e. The highest BCUT2D eigenvalue weighted by atomic mass is 14.9. The molecule has 30 heavy (non-hydrogen) atoms. The van der Waals surface area contributed by atoms with Gasteiger partial charge in [0.2, 0.25) is 0 Å². The molecule has 0 aromatic carbocycles. The van der Waals surface area contributed by atoms with E-state index in [-0.39, 0.29) is 43.3 Å². The van der Waals surface area contributed by atoms with Gasteiger partial charge in [-0.1, -0.05) is 138 Å². The van der Waals surface area contributed by atoms with Gasteiger partial charge in [0.15, 0.2) is 0 Å². The van der Waals surface area contributed by atoms with E-state index in [1.165, 1.54) is 6.42 Å². The van der Waals surface area contributed by atoms with Crippen LogP contribution in [0.15, 0.2) is 0 Å². The maximum Gasteiger partial charge on any atom is -0.0151 e. The number of hydrogen-bond acceptors (Lipinski definition) is 0. The Bertz CT molecular complexity index is 645. The molecule has 0 aromatic rings. The average molecular weight is 421 g/mol. The van der Waals surface area contributed by atoms with Crippen molar-refractivity contribution in [1.82, 2.24) is 0 Å². The zero-order valence-electron chi connectivity index (χ0n) is 24.8. The van der Waals surface area contributed by atoms with E-state index in [2.05, 4.69) is 132 Å². The van der Waals surface area contributed by atoms with Gasteiger partial charge in [-0.05, 0) is 54.7 Å². The van der Waals surface area contributed by atoms with Crippen molar-refractivity contribution in [2.24, 2.45) is 54.7 Å². The molecule has 0 amide bonds. The second kappa shape index (κ2) is 6.76. The van der Waals surface area contributed by atoms with Gasteiger partial charge in [-0.2, -0.15) is 0 Å². The zero-order valence-corrected chi connectivity index (χ0v) is 24.8. The summed E-state index contributed by atoms with van der Waals surface area (Å²) in [5.41, 5.74) is 1.96. The molecule has 0 radical (unpaired) electrons. The predicted octanol–water partition coefficient (Wildman–Crippen LogP) is 10.3. The van der Waals surface area contributed by atoms with Crippen molar-refractivity contribution in [3.63, 3.8) is 0 Å². The molecule has 0 aliphatic heterocycles. The van der Waals surface area contributed by atoms with Gasteiger partial charge in [0, 0.05) is 0 Å². The van der Waals surface area contributed by atoms with Gasteiger partial charge in [0.25, 0.3) is 0 Å². The van der Waals surface area contributed by atoms with E-state index in [9.17, 15) is 0 Å². The molecule has 0 heteroatoms. The van der Waals surface area contributed by atoms with Gasteiger partial charge in [0.1, 0.15) is 0 Å². The summed E-state index contributed by atoms with van der Waals surface area (Å²) in [4.78, 5) is 0. The van der Waals surface area contributed by atoms with E-state index in [4.69, 9.17) is 0 Å². The summed E-state index contributed by atoms with van der Waals surface area (Å²) in [7, 11) is 0. The van der Waals surface area contributed by atoms with Crippen LogP contribution in [-0.4, -0.2) is 0 Å². The van der Waals surface area contributed by atoms with E-state index in [1.807, 2.05) is 0 Å². The molecule has 0 spiro atoms. The van der Waals surface area contributed by atoms with Crippen LogP contribution in [0.3, 0.4) is 0 Å². The van der Waals surface area contributed by atoms with Crippen LogP contribution in [0.4, 0.5) is 0 Å². The van der Waals surface area contributed by atoms with Crippen LogP contribution in [0.2, 0.25) is 0 Å². The highest BCUT2D eigenvalue weighted by molar-refractivity contribution is 5.32. The summed E-state index contributed by atoms with van der Waals surface area (Å²) < 4.78 is 0. The molecule has 0 saturated heterocycles. The molecule has 4 unspecified atom stereocenters. The van der Waals surface area contributed by atoms with Gasteiger partial charge in [-0.3, -0.25) is 0 Å². The Morgan fingerprint density at radius 2 is 1.00 bits per heavy atom. The average Bonchev–Trinajstić information content (AvgIpc) is 2.55. The zero-order chi connectivity index (χ0) is 24.8. The van der Waals surface area contributed by atoms with E-state index in [1.54, 1.807) is 0 Å². The fourth-order valence-corrected chi connectivity index (χ4v) is 8.76. The van der Waals surface area contributed by atoms with Crippen LogP contribution in [0.1, 0.15) is 138 Å². The molecular weight excluding hydrogens is 360 g/mol. The Hall–Kier alpha value is 0. The highest BCUT2D eigenvalue weighted by Gasteiger charge is 2.85. The van der Waals surface area contributed by atoms with Crippen LogP contribution in [0.25, 0.3) is 0 Å². The first-order valence-corrected chi connectivity index (χ1v) is 12.7. The molecule has 1 fully saturated rings. The van der Waals surface area contributed by atoms with Gasteiger partial charge in [-0.15, -0.1) is 0 Å². The molecule has 0 nitrogen and oxygen atoms in total. The first-order valence-electron chi connectivity index (χ1n) is 12.7. The van der Waals surface area contributed by atoms with E-state index >= 15 is 0 Å². The summed E-state index contributed by atoms with van der Waals surface area (Å²) in [5, 5.41) is 0. The first-order chi connectivity index (χ1) is 12.7. The lowest BCUT2D eigenvalue weighted by molar-refractivity contribution is -0.419. The fourth-order valence-electron chi connectivity index (χ4n) is 8.76. The van der Waals surface area contributed by atoms with Crippen molar-refractivity contribution < 1.29 is 0 Å². The monoisotopic (exact) mass is 420 g/mol. The van der Waals surface area contributed by atoms with Crippen molar-refractivity contribution in [2.45, 2.75) is 138 Å². The minimum absolute atomic E-state index is 0.184. The SMILES string of the molecule is CCC(C)(C)C(C)(C)C(C)C1(C)C(C)(C(C)(C)C)C(C)(C)C1(C)C(C)(C)C(C)(C)C. The topological polar surface area (TPSA) is 0 Å². The first kappa shape index (κ1) is 28.0.